The Bertz CT molecular complexity index is 6210. The van der Waals surface area contributed by atoms with Crippen LogP contribution in [0.15, 0.2) is 164 Å². The lowest BCUT2D eigenvalue weighted by Crippen LogP contribution is -2.44. The number of pyridine rings is 3. The molecular weight excluding hydrogens is 1470 g/mol. The number of fused-ring (bicyclic) bond motifs is 12. The minimum atomic E-state index is -3.00. The van der Waals surface area contributed by atoms with Crippen LogP contribution in [0.1, 0.15) is 286 Å². The van der Waals surface area contributed by atoms with Gasteiger partial charge in [-0.15, -0.1) is 0 Å². The molecule has 7 aromatic heterocycles. The van der Waals surface area contributed by atoms with E-state index in [1.54, 1.807) is 37.1 Å². The summed E-state index contributed by atoms with van der Waals surface area (Å²) in [5.41, 5.74) is 18.0. The highest BCUT2D eigenvalue weighted by Crippen LogP contribution is 2.61. The number of nitrogens with zero attached hydrogens (tertiary/aromatic N) is 8. The van der Waals surface area contributed by atoms with E-state index in [2.05, 4.69) is 264 Å². The van der Waals surface area contributed by atoms with Gasteiger partial charge in [-0.2, -0.15) is 0 Å². The van der Waals surface area contributed by atoms with Crippen LogP contribution in [-0.4, -0.2) is 72.9 Å². The standard InChI is InChI=1S/C25H32N2O.C24H30N2O.C22H27NO.C21H26N2O.C16H25N/c1-16-9-11-19-20-12-10-17(2)26-23(20)28-22(19)21(16)27-18(3)25(15-24(27,4)5)13-7-6-8-14-25;1-16-10-11-18-19-9-8-14-25-22(19)27-21(18)20(16)26-17(2)24(15-23(26,3)4)12-6-5-7-13-24;1-14-11-12-17-16-9-7-8-10-18(16)24-20(17)19(14)23-15(2)21(3,4)13-22(23,5)6;1-13-9-10-15-16-8-7-11-22-19(16)24-18(15)17(13)23-14(2)20(3,4)12-21(23,5)6;1-12-9-7-8-10-14(12)17-13(2)15(3,4)11-16(17,5)6/h9-12,18H,6-8,13-15H2,1-5H3;8-11,14,17H,5-7,12-13,15H2,1-4H3;7-12,15H,13H2,1-6H3;7-11,14H,12H2,1-6H3;7-10,13H,11H2,1-6H3/i;;;;3D3,4D3,11D2. The summed E-state index contributed by atoms with van der Waals surface area (Å²) in [5, 5.41) is 9.30. The van der Waals surface area contributed by atoms with E-state index in [9.17, 15) is 0 Å². The first kappa shape index (κ1) is 74.8. The van der Waals surface area contributed by atoms with Crippen molar-refractivity contribution in [2.75, 3.05) is 24.5 Å². The molecule has 12 heteroatoms. The monoisotopic (exact) mass is 1620 g/mol. The van der Waals surface area contributed by atoms with Crippen molar-refractivity contribution in [1.82, 2.24) is 15.0 Å². The molecule has 20 rings (SSSR count). The second kappa shape index (κ2) is 30.2. The molecule has 13 aromatic rings. The average Bonchev–Trinajstić information content (AvgIpc) is 1.49. The highest BCUT2D eigenvalue weighted by atomic mass is 16.4. The van der Waals surface area contributed by atoms with Gasteiger partial charge in [-0.1, -0.05) is 165 Å². The van der Waals surface area contributed by atoms with E-state index in [0.717, 1.165) is 84.3 Å². The van der Waals surface area contributed by atoms with Crippen LogP contribution in [0, 0.1) is 68.6 Å². The van der Waals surface area contributed by atoms with E-state index in [-0.39, 0.29) is 33.0 Å². The Morgan fingerprint density at radius 1 is 0.325 bits per heavy atom. The van der Waals surface area contributed by atoms with Gasteiger partial charge in [0.2, 0.25) is 17.1 Å². The van der Waals surface area contributed by atoms with Crippen molar-refractivity contribution in [3.63, 3.8) is 0 Å². The maximum absolute atomic E-state index is 8.69. The van der Waals surface area contributed by atoms with Crippen LogP contribution in [-0.2, 0) is 0 Å². The number of aryl methyl sites for hydroxylation is 6. The Balaban J connectivity index is 0.000000118. The number of aromatic nitrogens is 3. The minimum Gasteiger partial charge on any atom is -0.454 e. The zero-order chi connectivity index (χ0) is 92.7. The highest BCUT2D eigenvalue weighted by molar-refractivity contribution is 6.12. The molecule has 0 N–H and O–H groups in total. The predicted molar refractivity (Wildman–Crippen MR) is 509 cm³/mol. The van der Waals surface area contributed by atoms with Crippen LogP contribution in [0.4, 0.5) is 28.4 Å². The zero-order valence-corrected chi connectivity index (χ0v) is 76.9. The summed E-state index contributed by atoms with van der Waals surface area (Å²) in [5.74, 6) is 0. The summed E-state index contributed by atoms with van der Waals surface area (Å²) in [7, 11) is 0. The van der Waals surface area contributed by atoms with E-state index >= 15 is 0 Å². The van der Waals surface area contributed by atoms with Crippen molar-refractivity contribution in [2.45, 2.75) is 341 Å². The van der Waals surface area contributed by atoms with E-state index in [1.807, 2.05) is 50.4 Å². The van der Waals surface area contributed by atoms with E-state index in [1.165, 1.54) is 157 Å². The maximum Gasteiger partial charge on any atom is 0.227 e. The van der Waals surface area contributed by atoms with Crippen molar-refractivity contribution >= 4 is 117 Å². The van der Waals surface area contributed by atoms with E-state index in [4.69, 9.17) is 28.6 Å². The van der Waals surface area contributed by atoms with Crippen LogP contribution in [0.3, 0.4) is 0 Å². The van der Waals surface area contributed by atoms with Crippen molar-refractivity contribution < 1.29 is 28.6 Å². The first-order valence-corrected chi connectivity index (χ1v) is 45.0. The number of anilines is 5. The first-order chi connectivity index (χ1) is 59.7. The molecule has 7 fully saturated rings. The maximum atomic E-state index is 8.69. The van der Waals surface area contributed by atoms with Gasteiger partial charge >= 0.3 is 0 Å². The van der Waals surface area contributed by atoms with Gasteiger partial charge < -0.3 is 42.2 Å². The molecule has 2 aliphatic carbocycles. The van der Waals surface area contributed by atoms with Crippen molar-refractivity contribution in [1.29, 1.82) is 0 Å². The summed E-state index contributed by atoms with van der Waals surface area (Å²) < 4.78 is 90.8. The third-order valence-corrected chi connectivity index (χ3v) is 30.4. The lowest BCUT2D eigenvalue weighted by atomic mass is 9.68. The van der Waals surface area contributed by atoms with Crippen LogP contribution < -0.4 is 24.5 Å². The van der Waals surface area contributed by atoms with Crippen LogP contribution in [0.25, 0.3) is 88.1 Å². The topological polar surface area (TPSA) is 107 Å². The number of hydrogen-bond donors (Lipinski definition) is 0. The SMILES string of the molecule is Cc1ccc2c(n1)oc1c(N3C(C)C4(CCCCC4)CC3(C)C)c(C)ccc12.Cc1ccc2c(oc3ccccc32)c1N1C(C)C(C)(C)CC1(C)C.Cc1ccc2c(oc3ncccc32)c1N1C(C)C(C)(C)CC1(C)C.Cc1ccc2c(oc3ncccc32)c1N1C(C)C2(CCCCC2)CC1(C)C.[2H]C([2H])([2H])C1(C([2H])([2H])[2H])C(C)N(c2ccccc2C)C(C)(C)C1([2H])[2H]. The van der Waals surface area contributed by atoms with Gasteiger partial charge in [0.15, 0.2) is 22.3 Å². The summed E-state index contributed by atoms with van der Waals surface area (Å²) in [6, 6.07) is 46.7. The Kier molecular flexibility index (Phi) is 18.8. The number of furan rings is 4. The van der Waals surface area contributed by atoms with E-state index in [0.29, 0.717) is 40.7 Å². The Labute approximate surface area is 728 Å². The summed E-state index contributed by atoms with van der Waals surface area (Å²) in [4.78, 5) is 25.8. The third-order valence-electron chi connectivity index (χ3n) is 30.4. The zero-order valence-electron chi connectivity index (χ0n) is 84.9. The smallest absolute Gasteiger partial charge is 0.227 e. The Morgan fingerprint density at radius 2 is 0.675 bits per heavy atom. The number of hydrogen-bond acceptors (Lipinski definition) is 12. The lowest BCUT2D eigenvalue weighted by Gasteiger charge is -2.41. The molecule has 6 aromatic carbocycles. The molecule has 5 atom stereocenters. The summed E-state index contributed by atoms with van der Waals surface area (Å²) in [6.07, 6.45) is 19.8. The molecule has 12 nitrogen and oxygen atoms in total. The Hall–Kier alpha value is -9.03. The van der Waals surface area contributed by atoms with Gasteiger partial charge in [-0.3, -0.25) is 0 Å². The third kappa shape index (κ3) is 14.3. The molecule has 0 radical (unpaired) electrons. The van der Waals surface area contributed by atoms with Crippen LogP contribution >= 0.6 is 0 Å². The molecule has 2 spiro atoms. The van der Waals surface area contributed by atoms with Gasteiger partial charge in [0.1, 0.15) is 5.58 Å². The fourth-order valence-corrected chi connectivity index (χ4v) is 25.1. The normalized spacial score (nSPS) is 25.4. The van der Waals surface area contributed by atoms with Crippen molar-refractivity contribution in [3.05, 3.63) is 179 Å². The van der Waals surface area contributed by atoms with Crippen molar-refractivity contribution in [2.24, 2.45) is 27.1 Å². The van der Waals surface area contributed by atoms with Gasteiger partial charge in [0, 0.05) is 136 Å². The Morgan fingerprint density at radius 3 is 1.08 bits per heavy atom. The highest BCUT2D eigenvalue weighted by Gasteiger charge is 2.58. The molecule has 12 heterocycles. The molecule has 120 heavy (non-hydrogen) atoms. The van der Waals surface area contributed by atoms with Gasteiger partial charge in [0.05, 0.1) is 22.7 Å². The van der Waals surface area contributed by atoms with Gasteiger partial charge in [0.25, 0.3) is 0 Å². The second-order valence-corrected chi connectivity index (χ2v) is 42.1. The molecule has 636 valence electrons. The molecule has 2 saturated carbocycles. The van der Waals surface area contributed by atoms with Gasteiger partial charge in [-0.05, 0) is 307 Å². The molecular formula is C108H140N8O4. The summed E-state index contributed by atoms with van der Waals surface area (Å²) in [6.45, 7) is 49.6. The molecule has 0 bridgehead atoms. The average molecular weight is 1620 g/mol. The molecule has 7 aliphatic rings. The fraction of sp³-hybridized carbons (Fsp3) is 0.528. The predicted octanol–water partition coefficient (Wildman–Crippen LogP) is 29.9. The quantitative estimate of drug-likeness (QED) is 0.164. The molecule has 0 amide bonds. The van der Waals surface area contributed by atoms with Gasteiger partial charge in [-0.25, -0.2) is 15.0 Å². The van der Waals surface area contributed by atoms with E-state index < -0.39 is 37.1 Å². The second-order valence-electron chi connectivity index (χ2n) is 42.1. The number of para-hydroxylation sites is 2. The fourth-order valence-electron chi connectivity index (χ4n) is 25.1. The minimum absolute atomic E-state index is 0.0916. The first-order valence-electron chi connectivity index (χ1n) is 49.0. The lowest BCUT2D eigenvalue weighted by molar-refractivity contribution is 0.170. The molecule has 5 unspecified atom stereocenters. The summed E-state index contributed by atoms with van der Waals surface area (Å²) >= 11 is 0. The van der Waals surface area contributed by atoms with Crippen LogP contribution in [0.2, 0.25) is 0 Å². The molecule has 5 saturated heterocycles. The number of benzene rings is 6. The largest absolute Gasteiger partial charge is 0.454 e. The van der Waals surface area contributed by atoms with Crippen molar-refractivity contribution in [3.8, 4) is 0 Å². The molecule has 5 aliphatic heterocycles. The van der Waals surface area contributed by atoms with Crippen LogP contribution in [0.5, 0.6) is 0 Å². The number of rotatable bonds is 5.